The van der Waals surface area contributed by atoms with Crippen molar-refractivity contribution in [2.75, 3.05) is 5.32 Å². The van der Waals surface area contributed by atoms with E-state index in [2.05, 4.69) is 5.32 Å². The van der Waals surface area contributed by atoms with Crippen LogP contribution in [0, 0.1) is 12.8 Å². The summed E-state index contributed by atoms with van der Waals surface area (Å²) < 4.78 is 0. The highest BCUT2D eigenvalue weighted by Gasteiger charge is 2.16. The molecule has 0 saturated heterocycles. The van der Waals surface area contributed by atoms with Crippen LogP contribution in [0.2, 0.25) is 0 Å². The number of amides is 1. The number of carboxylic acid groups (broad SMARTS) is 1. The summed E-state index contributed by atoms with van der Waals surface area (Å²) in [4.78, 5) is 22.8. The molecule has 0 atom stereocenters. The van der Waals surface area contributed by atoms with Gasteiger partial charge in [0.1, 0.15) is 0 Å². The summed E-state index contributed by atoms with van der Waals surface area (Å²) in [6, 6.07) is 4.75. The van der Waals surface area contributed by atoms with Crippen molar-refractivity contribution >= 4 is 17.6 Å². The zero-order chi connectivity index (χ0) is 14.5. The standard InChI is InChI=1S/C16H21NO3/c1-11-10-13(16(19)20)7-8-14(11)17-15(18)9-6-12-4-2-3-5-12/h7-8,10,12H,2-6,9H2,1H3,(H,17,18)(H,19,20). The fourth-order valence-corrected chi connectivity index (χ4v) is 2.78. The van der Waals surface area contributed by atoms with Gasteiger partial charge in [-0.3, -0.25) is 4.79 Å². The van der Waals surface area contributed by atoms with Gasteiger partial charge in [-0.1, -0.05) is 25.7 Å². The number of carbonyl (C=O) groups is 2. The van der Waals surface area contributed by atoms with Gasteiger partial charge in [-0.25, -0.2) is 4.79 Å². The first-order valence-electron chi connectivity index (χ1n) is 7.20. The summed E-state index contributed by atoms with van der Waals surface area (Å²) in [6.45, 7) is 1.80. The summed E-state index contributed by atoms with van der Waals surface area (Å²) in [6.07, 6.45) is 6.59. The summed E-state index contributed by atoms with van der Waals surface area (Å²) in [5, 5.41) is 11.8. The number of nitrogens with one attached hydrogen (secondary N) is 1. The van der Waals surface area contributed by atoms with Crippen molar-refractivity contribution in [1.82, 2.24) is 0 Å². The average Bonchev–Trinajstić information content (AvgIpc) is 2.91. The largest absolute Gasteiger partial charge is 0.478 e. The van der Waals surface area contributed by atoms with Gasteiger partial charge in [0.25, 0.3) is 0 Å². The van der Waals surface area contributed by atoms with Crippen LogP contribution >= 0.6 is 0 Å². The second kappa shape index (κ2) is 6.55. The summed E-state index contributed by atoms with van der Waals surface area (Å²) in [7, 11) is 0. The second-order valence-corrected chi connectivity index (χ2v) is 5.57. The average molecular weight is 275 g/mol. The molecule has 1 aromatic rings. The third-order valence-electron chi connectivity index (χ3n) is 4.00. The van der Waals surface area contributed by atoms with Crippen LogP contribution in [0.5, 0.6) is 0 Å². The van der Waals surface area contributed by atoms with Crippen molar-refractivity contribution in [3.8, 4) is 0 Å². The maximum absolute atomic E-state index is 11.9. The lowest BCUT2D eigenvalue weighted by atomic mass is 10.0. The molecule has 0 radical (unpaired) electrons. The third-order valence-corrected chi connectivity index (χ3v) is 4.00. The van der Waals surface area contributed by atoms with Gasteiger partial charge in [0.05, 0.1) is 5.56 Å². The molecule has 0 unspecified atom stereocenters. The number of carboxylic acids is 1. The molecule has 0 heterocycles. The lowest BCUT2D eigenvalue weighted by molar-refractivity contribution is -0.116. The number of anilines is 1. The molecule has 1 amide bonds. The number of carbonyl (C=O) groups excluding carboxylic acids is 1. The van der Waals surface area contributed by atoms with Gasteiger partial charge in [0.15, 0.2) is 0 Å². The molecule has 2 rings (SSSR count). The van der Waals surface area contributed by atoms with E-state index >= 15 is 0 Å². The fraction of sp³-hybridized carbons (Fsp3) is 0.500. The molecule has 0 aliphatic heterocycles. The van der Waals surface area contributed by atoms with Gasteiger partial charge >= 0.3 is 5.97 Å². The maximum Gasteiger partial charge on any atom is 0.335 e. The van der Waals surface area contributed by atoms with Gasteiger partial charge in [-0.2, -0.15) is 0 Å². The first kappa shape index (κ1) is 14.6. The molecule has 1 aliphatic carbocycles. The number of hydrogen-bond donors (Lipinski definition) is 2. The number of aromatic carboxylic acids is 1. The van der Waals surface area contributed by atoms with Crippen LogP contribution in [-0.2, 0) is 4.79 Å². The maximum atomic E-state index is 11.9. The molecule has 0 bridgehead atoms. The Balaban J connectivity index is 1.88. The highest BCUT2D eigenvalue weighted by molar-refractivity contribution is 5.93. The van der Waals surface area contributed by atoms with E-state index in [0.29, 0.717) is 18.0 Å². The normalized spacial score (nSPS) is 15.2. The number of benzene rings is 1. The van der Waals surface area contributed by atoms with Crippen LogP contribution < -0.4 is 5.32 Å². The van der Waals surface area contributed by atoms with Crippen LogP contribution in [0.15, 0.2) is 18.2 Å². The molecule has 1 fully saturated rings. The molecular weight excluding hydrogens is 254 g/mol. The van der Waals surface area contributed by atoms with Crippen LogP contribution in [0.4, 0.5) is 5.69 Å². The van der Waals surface area contributed by atoms with Crippen molar-refractivity contribution in [3.63, 3.8) is 0 Å². The molecule has 108 valence electrons. The zero-order valence-electron chi connectivity index (χ0n) is 11.8. The lowest BCUT2D eigenvalue weighted by Crippen LogP contribution is -2.14. The Kier molecular flexibility index (Phi) is 4.77. The van der Waals surface area contributed by atoms with Crippen molar-refractivity contribution in [3.05, 3.63) is 29.3 Å². The Labute approximate surface area is 119 Å². The zero-order valence-corrected chi connectivity index (χ0v) is 11.8. The minimum atomic E-state index is -0.952. The van der Waals surface area contributed by atoms with Crippen LogP contribution in [0.1, 0.15) is 54.4 Å². The topological polar surface area (TPSA) is 66.4 Å². The van der Waals surface area contributed by atoms with E-state index in [0.717, 1.165) is 12.0 Å². The Morgan fingerprint density at radius 3 is 2.60 bits per heavy atom. The monoisotopic (exact) mass is 275 g/mol. The van der Waals surface area contributed by atoms with Gasteiger partial charge in [0.2, 0.25) is 5.91 Å². The predicted molar refractivity (Wildman–Crippen MR) is 78.0 cm³/mol. The van der Waals surface area contributed by atoms with Crippen LogP contribution in [0.3, 0.4) is 0 Å². The van der Waals surface area contributed by atoms with Gasteiger partial charge in [-0.15, -0.1) is 0 Å². The van der Waals surface area contributed by atoms with E-state index in [4.69, 9.17) is 5.11 Å². The smallest absolute Gasteiger partial charge is 0.335 e. The minimum absolute atomic E-state index is 0.0167. The minimum Gasteiger partial charge on any atom is -0.478 e. The van der Waals surface area contributed by atoms with Crippen molar-refractivity contribution < 1.29 is 14.7 Å². The number of rotatable bonds is 5. The lowest BCUT2D eigenvalue weighted by Gasteiger charge is -2.11. The summed E-state index contributed by atoms with van der Waals surface area (Å²) >= 11 is 0. The van der Waals surface area contributed by atoms with Crippen molar-refractivity contribution in [2.24, 2.45) is 5.92 Å². The molecule has 0 spiro atoms. The van der Waals surface area contributed by atoms with E-state index in [-0.39, 0.29) is 11.5 Å². The van der Waals surface area contributed by atoms with E-state index in [1.807, 2.05) is 0 Å². The van der Waals surface area contributed by atoms with E-state index in [9.17, 15) is 9.59 Å². The Morgan fingerprint density at radius 1 is 1.30 bits per heavy atom. The van der Waals surface area contributed by atoms with Crippen LogP contribution in [-0.4, -0.2) is 17.0 Å². The number of hydrogen-bond acceptors (Lipinski definition) is 2. The van der Waals surface area contributed by atoms with Crippen LogP contribution in [0.25, 0.3) is 0 Å². The second-order valence-electron chi connectivity index (χ2n) is 5.57. The van der Waals surface area contributed by atoms with Gasteiger partial charge in [-0.05, 0) is 43.0 Å². The fourth-order valence-electron chi connectivity index (χ4n) is 2.78. The molecule has 1 aromatic carbocycles. The summed E-state index contributed by atoms with van der Waals surface area (Å²) in [5.41, 5.74) is 1.72. The Bertz CT molecular complexity index is 504. The third kappa shape index (κ3) is 3.83. The molecule has 4 heteroatoms. The van der Waals surface area contributed by atoms with Crippen molar-refractivity contribution in [2.45, 2.75) is 45.4 Å². The highest BCUT2D eigenvalue weighted by atomic mass is 16.4. The molecule has 4 nitrogen and oxygen atoms in total. The Morgan fingerprint density at radius 2 is 2.00 bits per heavy atom. The molecule has 1 aliphatic rings. The van der Waals surface area contributed by atoms with E-state index in [1.165, 1.54) is 31.7 Å². The SMILES string of the molecule is Cc1cc(C(=O)O)ccc1NC(=O)CCC1CCCC1. The molecule has 2 N–H and O–H groups in total. The first-order valence-corrected chi connectivity index (χ1v) is 7.20. The quantitative estimate of drug-likeness (QED) is 0.862. The van der Waals surface area contributed by atoms with Gasteiger partial charge in [0, 0.05) is 12.1 Å². The Hall–Kier alpha value is -1.84. The van der Waals surface area contributed by atoms with Gasteiger partial charge < -0.3 is 10.4 Å². The predicted octanol–water partition coefficient (Wildman–Crippen LogP) is 3.60. The van der Waals surface area contributed by atoms with Crippen molar-refractivity contribution in [1.29, 1.82) is 0 Å². The molecular formula is C16H21NO3. The highest BCUT2D eigenvalue weighted by Crippen LogP contribution is 2.28. The molecule has 1 saturated carbocycles. The number of aryl methyl sites for hydroxylation is 1. The first-order chi connectivity index (χ1) is 9.56. The summed E-state index contributed by atoms with van der Waals surface area (Å²) in [5.74, 6) is -0.230. The molecule has 20 heavy (non-hydrogen) atoms. The van der Waals surface area contributed by atoms with E-state index in [1.54, 1.807) is 19.1 Å². The van der Waals surface area contributed by atoms with E-state index < -0.39 is 5.97 Å². The molecule has 0 aromatic heterocycles.